The molecule has 0 aliphatic carbocycles. The second-order valence-electron chi connectivity index (χ2n) is 8.45. The van der Waals surface area contributed by atoms with Crippen LogP contribution in [0.15, 0.2) is 65.7 Å². The molecule has 34 heavy (non-hydrogen) atoms. The molecule has 1 amide bonds. The molecule has 172 valence electrons. The van der Waals surface area contributed by atoms with Gasteiger partial charge in [-0.2, -0.15) is 5.10 Å². The van der Waals surface area contributed by atoms with E-state index in [1.165, 1.54) is 10.9 Å². The van der Waals surface area contributed by atoms with Gasteiger partial charge in [-0.3, -0.25) is 14.2 Å². The molecule has 0 fully saturated rings. The van der Waals surface area contributed by atoms with Crippen LogP contribution in [-0.4, -0.2) is 36.8 Å². The molecular weight excluding hydrogens is 428 g/mol. The molecule has 8 nitrogen and oxygen atoms in total. The number of para-hydroxylation sites is 1. The molecule has 2 N–H and O–H groups in total. The van der Waals surface area contributed by atoms with Gasteiger partial charge in [-0.05, 0) is 44.0 Å². The van der Waals surface area contributed by atoms with Crippen molar-refractivity contribution in [3.63, 3.8) is 0 Å². The third-order valence-corrected chi connectivity index (χ3v) is 6.11. The van der Waals surface area contributed by atoms with Gasteiger partial charge in [0.15, 0.2) is 5.65 Å². The number of H-pyrrole nitrogens is 1. The van der Waals surface area contributed by atoms with Crippen molar-refractivity contribution in [1.82, 2.24) is 29.6 Å². The minimum Gasteiger partial charge on any atom is -0.361 e. The summed E-state index contributed by atoms with van der Waals surface area (Å²) in [5, 5.41) is 8.94. The first kappa shape index (κ1) is 21.6. The Morgan fingerprint density at radius 3 is 2.68 bits per heavy atom. The zero-order valence-electron chi connectivity index (χ0n) is 19.2. The number of fused-ring (bicyclic) bond motifs is 2. The summed E-state index contributed by atoms with van der Waals surface area (Å²) in [6, 6.07) is 16.0. The Morgan fingerprint density at radius 2 is 1.85 bits per heavy atom. The Morgan fingerprint density at radius 1 is 1.06 bits per heavy atom. The van der Waals surface area contributed by atoms with Gasteiger partial charge in [0.1, 0.15) is 11.2 Å². The lowest BCUT2D eigenvalue weighted by Gasteiger charge is -2.11. The van der Waals surface area contributed by atoms with Crippen LogP contribution in [0.25, 0.3) is 27.6 Å². The quantitative estimate of drug-likeness (QED) is 0.394. The fraction of sp³-hybridized carbons (Fsp3) is 0.231. The molecule has 3 heterocycles. The van der Waals surface area contributed by atoms with E-state index < -0.39 is 0 Å². The first-order chi connectivity index (χ1) is 16.5. The molecule has 8 heteroatoms. The number of aromatic nitrogens is 5. The summed E-state index contributed by atoms with van der Waals surface area (Å²) >= 11 is 0. The molecule has 3 aromatic heterocycles. The minimum atomic E-state index is -0.188. The predicted octanol–water partition coefficient (Wildman–Crippen LogP) is 3.43. The summed E-state index contributed by atoms with van der Waals surface area (Å²) in [6.07, 6.45) is 4.47. The topological polar surface area (TPSA) is 97.6 Å². The number of hydrogen-bond acceptors (Lipinski definition) is 4. The van der Waals surface area contributed by atoms with Gasteiger partial charge >= 0.3 is 0 Å². The standard InChI is InChI=1S/C26H26N6O2/c1-17-7-9-20(10-8-17)32-25-22(16-29-32)26(34)31(18(2)30-25)14-12-24(33)27-13-11-19-15-28-23-6-4-3-5-21(19)23/h3-10,15-16,28H,11-14H2,1-2H3,(H,27,33). The lowest BCUT2D eigenvalue weighted by Crippen LogP contribution is -2.30. The summed E-state index contributed by atoms with van der Waals surface area (Å²) in [6.45, 7) is 4.60. The lowest BCUT2D eigenvalue weighted by atomic mass is 10.1. The van der Waals surface area contributed by atoms with Gasteiger partial charge < -0.3 is 10.3 Å². The SMILES string of the molecule is Cc1ccc(-n2ncc3c(=O)n(CCC(=O)NCCc4c[nH]c5ccccc45)c(C)nc32)cc1. The van der Waals surface area contributed by atoms with Crippen molar-refractivity contribution >= 4 is 27.8 Å². The largest absolute Gasteiger partial charge is 0.361 e. The zero-order chi connectivity index (χ0) is 23.7. The van der Waals surface area contributed by atoms with E-state index in [1.54, 1.807) is 22.4 Å². The van der Waals surface area contributed by atoms with Crippen LogP contribution in [0.4, 0.5) is 0 Å². The van der Waals surface area contributed by atoms with Gasteiger partial charge in [-0.25, -0.2) is 9.67 Å². The predicted molar refractivity (Wildman–Crippen MR) is 132 cm³/mol. The van der Waals surface area contributed by atoms with Crippen LogP contribution >= 0.6 is 0 Å². The molecule has 0 spiro atoms. The molecule has 0 unspecified atom stereocenters. The number of rotatable bonds is 7. The lowest BCUT2D eigenvalue weighted by molar-refractivity contribution is -0.121. The van der Waals surface area contributed by atoms with E-state index in [4.69, 9.17) is 0 Å². The zero-order valence-corrected chi connectivity index (χ0v) is 19.2. The van der Waals surface area contributed by atoms with Crippen molar-refractivity contribution < 1.29 is 4.79 Å². The number of amides is 1. The first-order valence-electron chi connectivity index (χ1n) is 11.3. The average molecular weight is 455 g/mol. The van der Waals surface area contributed by atoms with E-state index in [9.17, 15) is 9.59 Å². The van der Waals surface area contributed by atoms with Crippen LogP contribution in [0, 0.1) is 13.8 Å². The maximum absolute atomic E-state index is 13.1. The molecule has 0 aliphatic heterocycles. The number of aromatic amines is 1. The van der Waals surface area contributed by atoms with Crippen LogP contribution in [0.1, 0.15) is 23.4 Å². The monoisotopic (exact) mass is 454 g/mol. The molecule has 0 atom stereocenters. The Kier molecular flexibility index (Phi) is 5.71. The van der Waals surface area contributed by atoms with Crippen molar-refractivity contribution in [3.05, 3.63) is 88.2 Å². The highest BCUT2D eigenvalue weighted by Crippen LogP contribution is 2.18. The highest BCUT2D eigenvalue weighted by molar-refractivity contribution is 5.83. The number of nitrogens with zero attached hydrogens (tertiary/aromatic N) is 4. The van der Waals surface area contributed by atoms with Crippen LogP contribution in [0.5, 0.6) is 0 Å². The fourth-order valence-electron chi connectivity index (χ4n) is 4.22. The number of nitrogens with one attached hydrogen (secondary N) is 2. The van der Waals surface area contributed by atoms with Crippen LogP contribution in [0.3, 0.4) is 0 Å². The second kappa shape index (κ2) is 8.97. The third kappa shape index (κ3) is 4.10. The van der Waals surface area contributed by atoms with Gasteiger partial charge in [0, 0.05) is 36.6 Å². The number of aryl methyl sites for hydroxylation is 2. The van der Waals surface area contributed by atoms with Crippen LogP contribution in [0.2, 0.25) is 0 Å². The van der Waals surface area contributed by atoms with Crippen molar-refractivity contribution in [2.75, 3.05) is 6.54 Å². The van der Waals surface area contributed by atoms with Gasteiger partial charge in [-0.1, -0.05) is 35.9 Å². The Labute approximate surface area is 196 Å². The third-order valence-electron chi connectivity index (χ3n) is 6.11. The average Bonchev–Trinajstić information content (AvgIpc) is 3.44. The molecule has 0 radical (unpaired) electrons. The first-order valence-corrected chi connectivity index (χ1v) is 11.3. The number of benzene rings is 2. The number of carbonyl (C=O) groups is 1. The van der Waals surface area contributed by atoms with Crippen LogP contribution in [-0.2, 0) is 17.8 Å². The maximum atomic E-state index is 13.1. The molecule has 0 bridgehead atoms. The van der Waals surface area contributed by atoms with Gasteiger partial charge in [0.2, 0.25) is 5.91 Å². The smallest absolute Gasteiger partial charge is 0.264 e. The summed E-state index contributed by atoms with van der Waals surface area (Å²) in [7, 11) is 0. The van der Waals surface area contributed by atoms with E-state index in [1.807, 2.05) is 55.6 Å². The molecule has 0 aliphatic rings. The fourth-order valence-corrected chi connectivity index (χ4v) is 4.22. The van der Waals surface area contributed by atoms with E-state index in [0.29, 0.717) is 23.4 Å². The minimum absolute atomic E-state index is 0.0958. The van der Waals surface area contributed by atoms with Crippen molar-refractivity contribution in [2.24, 2.45) is 0 Å². The molecule has 5 rings (SSSR count). The molecule has 2 aromatic carbocycles. The van der Waals surface area contributed by atoms with Gasteiger partial charge in [-0.15, -0.1) is 0 Å². The number of carbonyl (C=O) groups excluding carboxylic acids is 1. The molecule has 0 saturated carbocycles. The van der Waals surface area contributed by atoms with Gasteiger partial charge in [0.25, 0.3) is 5.56 Å². The summed E-state index contributed by atoms with van der Waals surface area (Å²) in [4.78, 5) is 33.4. The van der Waals surface area contributed by atoms with E-state index in [2.05, 4.69) is 26.4 Å². The Hall–Kier alpha value is -4.20. The molecule has 5 aromatic rings. The van der Waals surface area contributed by atoms with Crippen molar-refractivity contribution in [1.29, 1.82) is 0 Å². The summed E-state index contributed by atoms with van der Waals surface area (Å²) < 4.78 is 3.22. The highest BCUT2D eigenvalue weighted by atomic mass is 16.1. The van der Waals surface area contributed by atoms with Crippen molar-refractivity contribution in [2.45, 2.75) is 33.2 Å². The van der Waals surface area contributed by atoms with Gasteiger partial charge in [0.05, 0.1) is 11.9 Å². The highest BCUT2D eigenvalue weighted by Gasteiger charge is 2.15. The second-order valence-corrected chi connectivity index (χ2v) is 8.45. The van der Waals surface area contributed by atoms with E-state index in [0.717, 1.165) is 23.2 Å². The van der Waals surface area contributed by atoms with E-state index >= 15 is 0 Å². The van der Waals surface area contributed by atoms with E-state index in [-0.39, 0.29) is 24.4 Å². The summed E-state index contributed by atoms with van der Waals surface area (Å²) in [5.74, 6) is 0.458. The molecular formula is C26H26N6O2. The summed E-state index contributed by atoms with van der Waals surface area (Å²) in [5.41, 5.74) is 4.58. The maximum Gasteiger partial charge on any atom is 0.264 e. The van der Waals surface area contributed by atoms with Crippen LogP contribution < -0.4 is 10.9 Å². The normalized spacial score (nSPS) is 11.4. The Balaban J connectivity index is 1.25. The molecule has 0 saturated heterocycles. The van der Waals surface area contributed by atoms with Crippen molar-refractivity contribution in [3.8, 4) is 5.69 Å². The number of hydrogen-bond donors (Lipinski definition) is 2. The Bertz CT molecular complexity index is 1540.